The molecular weight excluding hydrogens is 327 g/mol. The van der Waals surface area contributed by atoms with Crippen LogP contribution in [0.2, 0.25) is 0 Å². The number of thioether (sulfide) groups is 1. The third-order valence-electron chi connectivity index (χ3n) is 3.64. The van der Waals surface area contributed by atoms with E-state index < -0.39 is 0 Å². The minimum atomic E-state index is -0.226. The van der Waals surface area contributed by atoms with E-state index in [-0.39, 0.29) is 11.8 Å². The summed E-state index contributed by atoms with van der Waals surface area (Å²) in [6.45, 7) is 1.30. The second kappa shape index (κ2) is 8.06. The highest BCUT2D eigenvalue weighted by molar-refractivity contribution is 7.99. The molecule has 2 N–H and O–H groups in total. The van der Waals surface area contributed by atoms with Crippen molar-refractivity contribution in [3.8, 4) is 5.75 Å². The molecule has 3 rings (SSSR count). The van der Waals surface area contributed by atoms with Gasteiger partial charge >= 0.3 is 6.03 Å². The molecule has 0 atom stereocenters. The van der Waals surface area contributed by atoms with Gasteiger partial charge < -0.3 is 15.4 Å². The van der Waals surface area contributed by atoms with Crippen LogP contribution in [-0.4, -0.2) is 24.9 Å². The van der Waals surface area contributed by atoms with Crippen molar-refractivity contribution in [3.63, 3.8) is 0 Å². The summed E-state index contributed by atoms with van der Waals surface area (Å²) in [6, 6.07) is 11.9. The number of halogens is 1. The van der Waals surface area contributed by atoms with Crippen molar-refractivity contribution < 1.29 is 13.9 Å². The molecule has 2 aromatic rings. The minimum Gasteiger partial charge on any atom is -0.493 e. The maximum atomic E-state index is 12.8. The van der Waals surface area contributed by atoms with E-state index in [2.05, 4.69) is 10.6 Å². The highest BCUT2D eigenvalue weighted by Gasteiger charge is 2.12. The number of amides is 2. The predicted octanol–water partition coefficient (Wildman–Crippen LogP) is 4.06. The first kappa shape index (κ1) is 16.6. The summed E-state index contributed by atoms with van der Waals surface area (Å²) in [4.78, 5) is 12.9. The van der Waals surface area contributed by atoms with Gasteiger partial charge in [-0.3, -0.25) is 0 Å². The Morgan fingerprint density at radius 1 is 1.21 bits per heavy atom. The lowest BCUT2D eigenvalue weighted by molar-refractivity contribution is 0.252. The molecule has 1 heterocycles. The summed E-state index contributed by atoms with van der Waals surface area (Å²) in [6.07, 6.45) is 1.72. The zero-order chi connectivity index (χ0) is 16.8. The maximum Gasteiger partial charge on any atom is 0.319 e. The number of fused-ring (bicyclic) bond motifs is 1. The zero-order valence-corrected chi connectivity index (χ0v) is 14.0. The lowest BCUT2D eigenvalue weighted by Gasteiger charge is -2.08. The van der Waals surface area contributed by atoms with Crippen LogP contribution in [-0.2, 0) is 6.42 Å². The van der Waals surface area contributed by atoms with E-state index in [9.17, 15) is 9.18 Å². The van der Waals surface area contributed by atoms with Crippen LogP contribution in [0.15, 0.2) is 47.4 Å². The Morgan fingerprint density at radius 2 is 2.04 bits per heavy atom. The van der Waals surface area contributed by atoms with Crippen LogP contribution < -0.4 is 15.4 Å². The smallest absolute Gasteiger partial charge is 0.319 e. The SMILES string of the molecule is O=C(NCCCSc1ccc(F)cc1)Nc1ccc2c(c1)CCO2. The molecule has 0 fully saturated rings. The van der Waals surface area contributed by atoms with Crippen LogP contribution in [0.1, 0.15) is 12.0 Å². The maximum absolute atomic E-state index is 12.8. The average Bonchev–Trinajstić information content (AvgIpc) is 3.04. The molecule has 1 aliphatic heterocycles. The monoisotopic (exact) mass is 346 g/mol. The van der Waals surface area contributed by atoms with Gasteiger partial charge in [0, 0.05) is 23.5 Å². The van der Waals surface area contributed by atoms with Gasteiger partial charge in [0.2, 0.25) is 0 Å². The molecule has 2 aromatic carbocycles. The molecule has 0 aromatic heterocycles. The van der Waals surface area contributed by atoms with E-state index in [1.807, 2.05) is 18.2 Å². The molecule has 4 nitrogen and oxygen atoms in total. The Hall–Kier alpha value is -2.21. The van der Waals surface area contributed by atoms with Crippen LogP contribution in [0.5, 0.6) is 5.75 Å². The van der Waals surface area contributed by atoms with Gasteiger partial charge in [-0.05, 0) is 60.2 Å². The molecule has 1 aliphatic rings. The standard InChI is InChI=1S/C18H19FN2O2S/c19-14-2-5-16(6-3-14)24-11-1-9-20-18(22)21-15-4-7-17-13(12-15)8-10-23-17/h2-7,12H,1,8-11H2,(H2,20,21,22). The Bertz CT molecular complexity index is 707. The average molecular weight is 346 g/mol. The molecule has 2 amide bonds. The van der Waals surface area contributed by atoms with E-state index in [1.165, 1.54) is 12.1 Å². The number of ether oxygens (including phenoxy) is 1. The molecular formula is C18H19FN2O2S. The van der Waals surface area contributed by atoms with Gasteiger partial charge in [-0.2, -0.15) is 0 Å². The fourth-order valence-electron chi connectivity index (χ4n) is 2.43. The fraction of sp³-hybridized carbons (Fsp3) is 0.278. The first-order valence-electron chi connectivity index (χ1n) is 7.90. The molecule has 0 unspecified atom stereocenters. The number of anilines is 1. The van der Waals surface area contributed by atoms with Crippen molar-refractivity contribution in [2.24, 2.45) is 0 Å². The molecule has 126 valence electrons. The quantitative estimate of drug-likeness (QED) is 0.612. The van der Waals surface area contributed by atoms with Crippen molar-refractivity contribution in [2.45, 2.75) is 17.7 Å². The van der Waals surface area contributed by atoms with Crippen molar-refractivity contribution >= 4 is 23.5 Å². The summed E-state index contributed by atoms with van der Waals surface area (Å²) in [5.74, 6) is 1.54. The summed E-state index contributed by atoms with van der Waals surface area (Å²) in [7, 11) is 0. The summed E-state index contributed by atoms with van der Waals surface area (Å²) >= 11 is 1.65. The first-order chi connectivity index (χ1) is 11.7. The molecule has 0 saturated heterocycles. The molecule has 0 saturated carbocycles. The lowest BCUT2D eigenvalue weighted by Crippen LogP contribution is -2.29. The topological polar surface area (TPSA) is 50.4 Å². The number of nitrogens with one attached hydrogen (secondary N) is 2. The van der Waals surface area contributed by atoms with E-state index >= 15 is 0 Å². The second-order valence-electron chi connectivity index (χ2n) is 5.46. The van der Waals surface area contributed by atoms with Gasteiger partial charge in [0.25, 0.3) is 0 Å². The number of carbonyl (C=O) groups is 1. The predicted molar refractivity (Wildman–Crippen MR) is 94.4 cm³/mol. The Balaban J connectivity index is 1.34. The van der Waals surface area contributed by atoms with E-state index in [0.717, 1.165) is 40.5 Å². The van der Waals surface area contributed by atoms with Gasteiger partial charge in [-0.25, -0.2) is 9.18 Å². The summed E-state index contributed by atoms with van der Waals surface area (Å²) < 4.78 is 18.2. The van der Waals surface area contributed by atoms with Crippen molar-refractivity contribution in [1.29, 1.82) is 0 Å². The Labute approximate surface area is 144 Å². The van der Waals surface area contributed by atoms with Gasteiger partial charge in [-0.1, -0.05) is 0 Å². The second-order valence-corrected chi connectivity index (χ2v) is 6.63. The summed E-state index contributed by atoms with van der Waals surface area (Å²) in [5, 5.41) is 5.67. The van der Waals surface area contributed by atoms with E-state index in [4.69, 9.17) is 4.74 Å². The largest absolute Gasteiger partial charge is 0.493 e. The van der Waals surface area contributed by atoms with Gasteiger partial charge in [0.05, 0.1) is 6.61 Å². The third-order valence-corrected chi connectivity index (χ3v) is 4.73. The van der Waals surface area contributed by atoms with Crippen LogP contribution >= 0.6 is 11.8 Å². The molecule has 0 radical (unpaired) electrons. The third kappa shape index (κ3) is 4.64. The Morgan fingerprint density at radius 3 is 2.88 bits per heavy atom. The first-order valence-corrected chi connectivity index (χ1v) is 8.88. The fourth-order valence-corrected chi connectivity index (χ4v) is 3.29. The van der Waals surface area contributed by atoms with Crippen LogP contribution in [0, 0.1) is 5.82 Å². The molecule has 24 heavy (non-hydrogen) atoms. The van der Waals surface area contributed by atoms with Crippen LogP contribution in [0.4, 0.5) is 14.9 Å². The van der Waals surface area contributed by atoms with Gasteiger partial charge in [-0.15, -0.1) is 11.8 Å². The molecule has 0 spiro atoms. The number of hydrogen-bond acceptors (Lipinski definition) is 3. The van der Waals surface area contributed by atoms with Crippen LogP contribution in [0.25, 0.3) is 0 Å². The lowest BCUT2D eigenvalue weighted by atomic mass is 10.1. The number of benzene rings is 2. The number of carbonyl (C=O) groups excluding carboxylic acids is 1. The highest BCUT2D eigenvalue weighted by atomic mass is 32.2. The minimum absolute atomic E-state index is 0.208. The van der Waals surface area contributed by atoms with Crippen molar-refractivity contribution in [1.82, 2.24) is 5.32 Å². The van der Waals surface area contributed by atoms with Gasteiger partial charge in [0.1, 0.15) is 11.6 Å². The number of hydrogen-bond donors (Lipinski definition) is 2. The van der Waals surface area contributed by atoms with Crippen molar-refractivity contribution in [3.05, 3.63) is 53.8 Å². The molecule has 0 bridgehead atoms. The Kier molecular flexibility index (Phi) is 5.59. The van der Waals surface area contributed by atoms with E-state index in [0.29, 0.717) is 13.2 Å². The zero-order valence-electron chi connectivity index (χ0n) is 13.2. The van der Waals surface area contributed by atoms with Crippen LogP contribution in [0.3, 0.4) is 0 Å². The van der Waals surface area contributed by atoms with Gasteiger partial charge in [0.15, 0.2) is 0 Å². The van der Waals surface area contributed by atoms with Crippen molar-refractivity contribution in [2.75, 3.05) is 24.2 Å². The summed E-state index contributed by atoms with van der Waals surface area (Å²) in [5.41, 5.74) is 1.90. The van der Waals surface area contributed by atoms with E-state index in [1.54, 1.807) is 23.9 Å². The molecule has 6 heteroatoms. The molecule has 0 aliphatic carbocycles. The number of rotatable bonds is 6. The normalized spacial score (nSPS) is 12.4. The highest BCUT2D eigenvalue weighted by Crippen LogP contribution is 2.27. The number of urea groups is 1.